The number of alkyl halides is 2. The van der Waals surface area contributed by atoms with Crippen LogP contribution in [0.4, 0.5) is 27.6 Å². The molecule has 2 N–H and O–H groups in total. The van der Waals surface area contributed by atoms with Crippen molar-refractivity contribution in [2.75, 3.05) is 11.9 Å². The van der Waals surface area contributed by atoms with Gasteiger partial charge in [0, 0.05) is 18.2 Å². The average Bonchev–Trinajstić information content (AvgIpc) is 2.80. The van der Waals surface area contributed by atoms with Crippen LogP contribution in [0.3, 0.4) is 0 Å². The average molecular weight is 508 g/mol. The number of aromatic nitrogens is 3. The first-order valence-electron chi connectivity index (χ1n) is 10.9. The Morgan fingerprint density at radius 3 is 2.53 bits per heavy atom. The van der Waals surface area contributed by atoms with Gasteiger partial charge in [0.05, 0.1) is 16.9 Å². The maximum Gasteiger partial charge on any atom is 0.271 e. The quantitative estimate of drug-likeness (QED) is 0.475. The maximum absolute atomic E-state index is 14.6. The Hall–Kier alpha value is -3.51. The molecule has 3 aromatic rings. The number of anilines is 1. The van der Waals surface area contributed by atoms with Crippen molar-refractivity contribution in [2.24, 2.45) is 0 Å². The Kier molecular flexibility index (Phi) is 6.76. The molecule has 190 valence electrons. The molecule has 12 heteroatoms. The molecule has 0 aliphatic carbocycles. The molecule has 36 heavy (non-hydrogen) atoms. The molecule has 2 aromatic heterocycles. The van der Waals surface area contributed by atoms with Gasteiger partial charge >= 0.3 is 0 Å². The molecule has 0 spiro atoms. The Balaban J connectivity index is 1.78. The highest BCUT2D eigenvalue weighted by Gasteiger charge is 2.38. The van der Waals surface area contributed by atoms with Crippen molar-refractivity contribution in [2.45, 2.75) is 44.3 Å². The van der Waals surface area contributed by atoms with Gasteiger partial charge in [-0.3, -0.25) is 9.78 Å². The number of benzene rings is 1. The molecule has 1 unspecified atom stereocenters. The number of nitrogens with one attached hydrogen (secondary N) is 1. The molecule has 4 rings (SSSR count). The van der Waals surface area contributed by atoms with Gasteiger partial charge in [-0.05, 0) is 44.5 Å². The topological polar surface area (TPSA) is 97.2 Å². The second-order valence-electron chi connectivity index (χ2n) is 8.87. The highest BCUT2D eigenvalue weighted by atomic mass is 19.3. The number of carbonyl (C=O) groups excluding carboxylic acids is 1. The fourth-order valence-electron chi connectivity index (χ4n) is 3.78. The van der Waals surface area contributed by atoms with E-state index in [0.717, 1.165) is 36.8 Å². The lowest BCUT2D eigenvalue weighted by molar-refractivity contribution is -0.146. The second-order valence-corrected chi connectivity index (χ2v) is 8.87. The van der Waals surface area contributed by atoms with E-state index in [1.807, 2.05) is 0 Å². The van der Waals surface area contributed by atoms with E-state index in [-0.39, 0.29) is 40.3 Å². The minimum Gasteiger partial charge on any atom is -0.384 e. The number of ether oxygens (including phenoxy) is 1. The van der Waals surface area contributed by atoms with Crippen LogP contribution in [0.25, 0.3) is 11.3 Å². The van der Waals surface area contributed by atoms with Crippen molar-refractivity contribution >= 4 is 11.6 Å². The fraction of sp³-hybridized carbons (Fsp3) is 0.333. The lowest BCUT2D eigenvalue weighted by Crippen LogP contribution is -2.32. The zero-order valence-electron chi connectivity index (χ0n) is 19.2. The Morgan fingerprint density at radius 1 is 1.14 bits per heavy atom. The van der Waals surface area contributed by atoms with Crippen LogP contribution in [0, 0.1) is 17.5 Å². The summed E-state index contributed by atoms with van der Waals surface area (Å²) in [6, 6.07) is 3.46. The third kappa shape index (κ3) is 5.34. The summed E-state index contributed by atoms with van der Waals surface area (Å²) in [5.74, 6) is -6.57. The third-order valence-electron chi connectivity index (χ3n) is 5.55. The van der Waals surface area contributed by atoms with Crippen molar-refractivity contribution in [3.63, 3.8) is 0 Å². The van der Waals surface area contributed by atoms with Crippen molar-refractivity contribution in [3.8, 4) is 11.3 Å². The largest absolute Gasteiger partial charge is 0.384 e. The SMILES string of the molecule is CC(C)(O)c1ncc(C(=O)Nc2c(-c3cc(F)ccc3F)ncnc2C2CCC(F)(F)CO2)cc1F. The van der Waals surface area contributed by atoms with Crippen LogP contribution in [0.1, 0.15) is 54.5 Å². The van der Waals surface area contributed by atoms with Crippen molar-refractivity contribution in [1.29, 1.82) is 0 Å². The van der Waals surface area contributed by atoms with Crippen molar-refractivity contribution in [1.82, 2.24) is 15.0 Å². The highest BCUT2D eigenvalue weighted by Crippen LogP contribution is 2.40. The molecule has 0 bridgehead atoms. The van der Waals surface area contributed by atoms with Crippen molar-refractivity contribution in [3.05, 3.63) is 71.2 Å². The molecule has 1 aromatic carbocycles. The third-order valence-corrected chi connectivity index (χ3v) is 5.55. The van der Waals surface area contributed by atoms with E-state index in [4.69, 9.17) is 4.74 Å². The Bertz CT molecular complexity index is 1300. The molecule has 3 heterocycles. The number of rotatable bonds is 5. The van der Waals surface area contributed by atoms with Crippen LogP contribution in [-0.4, -0.2) is 38.5 Å². The lowest BCUT2D eigenvalue weighted by Gasteiger charge is -2.29. The molecule has 1 aliphatic heterocycles. The fourth-order valence-corrected chi connectivity index (χ4v) is 3.78. The standard InChI is InChI=1S/C24H21F5N4O3/c1-23(2,35)21-16(27)7-12(9-30-21)22(34)33-20-18(14-8-13(25)3-4-15(14)26)31-11-32-19(20)17-5-6-24(28,29)10-36-17/h3-4,7-9,11,17,35H,5-6,10H2,1-2H3,(H,33,34). The molecule has 1 amide bonds. The van der Waals surface area contributed by atoms with E-state index in [1.54, 1.807) is 0 Å². The highest BCUT2D eigenvalue weighted by molar-refractivity contribution is 6.06. The molecule has 0 saturated carbocycles. The van der Waals surface area contributed by atoms with Gasteiger partial charge in [-0.1, -0.05) is 0 Å². The summed E-state index contributed by atoms with van der Waals surface area (Å²) in [6.45, 7) is 1.74. The predicted octanol–water partition coefficient (Wildman–Crippen LogP) is 4.92. The molecule has 1 saturated heterocycles. The van der Waals surface area contributed by atoms with Gasteiger partial charge in [-0.25, -0.2) is 31.9 Å². The number of nitrogens with zero attached hydrogens (tertiary/aromatic N) is 3. The summed E-state index contributed by atoms with van der Waals surface area (Å²) in [6.07, 6.45) is 0.335. The number of hydrogen-bond acceptors (Lipinski definition) is 6. The minimum absolute atomic E-state index is 0.0333. The monoisotopic (exact) mass is 508 g/mol. The molecular formula is C24H21F5N4O3. The smallest absolute Gasteiger partial charge is 0.271 e. The maximum atomic E-state index is 14.6. The molecule has 1 atom stereocenters. The van der Waals surface area contributed by atoms with Gasteiger partial charge in [-0.2, -0.15) is 0 Å². The number of hydrogen-bond donors (Lipinski definition) is 2. The Morgan fingerprint density at radius 2 is 1.89 bits per heavy atom. The van der Waals surface area contributed by atoms with E-state index in [0.29, 0.717) is 0 Å². The van der Waals surface area contributed by atoms with Crippen LogP contribution >= 0.6 is 0 Å². The van der Waals surface area contributed by atoms with Gasteiger partial charge in [0.2, 0.25) is 0 Å². The number of amides is 1. The summed E-state index contributed by atoms with van der Waals surface area (Å²) in [7, 11) is 0. The van der Waals surface area contributed by atoms with Gasteiger partial charge in [0.15, 0.2) is 0 Å². The minimum atomic E-state index is -3.05. The summed E-state index contributed by atoms with van der Waals surface area (Å²) in [5.41, 5.74) is -2.96. The van der Waals surface area contributed by atoms with Crippen LogP contribution in [0.5, 0.6) is 0 Å². The lowest BCUT2D eigenvalue weighted by atomic mass is 9.99. The van der Waals surface area contributed by atoms with Crippen LogP contribution in [-0.2, 0) is 10.3 Å². The second kappa shape index (κ2) is 9.51. The van der Waals surface area contributed by atoms with Crippen LogP contribution in [0.15, 0.2) is 36.8 Å². The van der Waals surface area contributed by atoms with Gasteiger partial charge in [0.25, 0.3) is 11.8 Å². The first-order chi connectivity index (χ1) is 16.9. The summed E-state index contributed by atoms with van der Waals surface area (Å²) in [4.78, 5) is 24.9. The summed E-state index contributed by atoms with van der Waals surface area (Å²) < 4.78 is 75.6. The number of halogens is 5. The van der Waals surface area contributed by atoms with Gasteiger partial charge < -0.3 is 15.2 Å². The summed E-state index contributed by atoms with van der Waals surface area (Å²) in [5, 5.41) is 12.5. The normalized spacial score (nSPS) is 17.6. The van der Waals surface area contributed by atoms with E-state index in [2.05, 4.69) is 20.3 Å². The van der Waals surface area contributed by atoms with Gasteiger partial charge in [-0.15, -0.1) is 0 Å². The summed E-state index contributed by atoms with van der Waals surface area (Å²) >= 11 is 0. The van der Waals surface area contributed by atoms with E-state index < -0.39 is 54.0 Å². The van der Waals surface area contributed by atoms with Crippen molar-refractivity contribution < 1.29 is 36.6 Å². The molecule has 1 fully saturated rings. The first-order valence-corrected chi connectivity index (χ1v) is 10.9. The van der Waals surface area contributed by atoms with E-state index in [9.17, 15) is 31.9 Å². The Labute approximate surface area is 202 Å². The first kappa shape index (κ1) is 25.6. The van der Waals surface area contributed by atoms with Gasteiger partial charge in [0.1, 0.15) is 53.5 Å². The predicted molar refractivity (Wildman–Crippen MR) is 118 cm³/mol. The van der Waals surface area contributed by atoms with E-state index in [1.165, 1.54) is 13.8 Å². The van der Waals surface area contributed by atoms with E-state index >= 15 is 0 Å². The molecule has 1 aliphatic rings. The zero-order valence-corrected chi connectivity index (χ0v) is 19.2. The molecule has 0 radical (unpaired) electrons. The molecule has 7 nitrogen and oxygen atoms in total. The van der Waals surface area contributed by atoms with Crippen LogP contribution in [0.2, 0.25) is 0 Å². The number of pyridine rings is 1. The number of carbonyl (C=O) groups is 1. The van der Waals surface area contributed by atoms with Crippen LogP contribution < -0.4 is 5.32 Å². The zero-order chi connectivity index (χ0) is 26.3. The number of aliphatic hydroxyl groups is 1. The molecular weight excluding hydrogens is 487 g/mol.